The monoisotopic (exact) mass is 483 g/mol. The summed E-state index contributed by atoms with van der Waals surface area (Å²) in [5.41, 5.74) is 8.28. The molecule has 3 N–H and O–H groups in total. The molecule has 2 heterocycles. The summed E-state index contributed by atoms with van der Waals surface area (Å²) in [5, 5.41) is 10.7. The third kappa shape index (κ3) is 4.01. The van der Waals surface area contributed by atoms with Crippen molar-refractivity contribution in [3.63, 3.8) is 0 Å². The minimum absolute atomic E-state index is 0.0611. The van der Waals surface area contributed by atoms with Crippen LogP contribution in [0.2, 0.25) is 0 Å². The lowest BCUT2D eigenvalue weighted by atomic mass is 9.93. The molecule has 1 aliphatic rings. The van der Waals surface area contributed by atoms with E-state index in [0.717, 1.165) is 37.7 Å². The van der Waals surface area contributed by atoms with E-state index in [0.29, 0.717) is 5.57 Å². The van der Waals surface area contributed by atoms with Crippen LogP contribution in [0.5, 0.6) is 5.88 Å². The molecular formula is C27H21N3O2S2. The number of nitrogens with zero attached hydrogens (tertiary/aromatic N) is 1. The van der Waals surface area contributed by atoms with Crippen LogP contribution in [0, 0.1) is 4.77 Å². The van der Waals surface area contributed by atoms with Gasteiger partial charge in [-0.2, -0.15) is 0 Å². The molecule has 0 aliphatic carbocycles. The molecule has 3 aromatic carbocycles. The molecule has 34 heavy (non-hydrogen) atoms. The summed E-state index contributed by atoms with van der Waals surface area (Å²) < 4.78 is 0.0611. The van der Waals surface area contributed by atoms with Crippen LogP contribution in [-0.4, -0.2) is 29.2 Å². The fraction of sp³-hybridized carbons (Fsp3) is 0.0741. The number of aromatic amines is 2. The topological polar surface area (TPSA) is 72.1 Å². The molecule has 0 spiro atoms. The van der Waals surface area contributed by atoms with Gasteiger partial charge >= 0.3 is 0 Å². The third-order valence-corrected chi connectivity index (χ3v) is 6.98. The molecule has 0 unspecified atom stereocenters. The number of H-pyrrole nitrogens is 2. The molecule has 168 valence electrons. The van der Waals surface area contributed by atoms with E-state index in [9.17, 15) is 9.90 Å². The first-order chi connectivity index (χ1) is 16.4. The fourth-order valence-corrected chi connectivity index (χ4v) is 5.24. The lowest BCUT2D eigenvalue weighted by Gasteiger charge is -2.21. The van der Waals surface area contributed by atoms with Gasteiger partial charge in [0, 0.05) is 51.8 Å². The van der Waals surface area contributed by atoms with Crippen molar-refractivity contribution >= 4 is 40.8 Å². The molecule has 1 aromatic heterocycles. The standard InChI is InChI=1S/C27H21N3O2S2/c1-30(2)17-13-11-16(12-14-17)20(24-25(31)28-27(33)29-26(24)32)15-21-18-7-3-5-9-22(18)34-23-10-6-4-8-19(21)23/h3-14H,1-2H3,(H3,28,29,31,32,33). The van der Waals surface area contributed by atoms with E-state index in [1.54, 1.807) is 11.8 Å². The smallest absolute Gasteiger partial charge is 0.264 e. The molecule has 0 fully saturated rings. The van der Waals surface area contributed by atoms with Crippen LogP contribution < -0.4 is 10.5 Å². The van der Waals surface area contributed by atoms with E-state index in [2.05, 4.69) is 40.0 Å². The molecule has 0 amide bonds. The highest BCUT2D eigenvalue weighted by atomic mass is 32.2. The first kappa shape index (κ1) is 22.0. The van der Waals surface area contributed by atoms with Crippen molar-refractivity contribution in [3.05, 3.63) is 116 Å². The lowest BCUT2D eigenvalue weighted by Crippen LogP contribution is -2.14. The minimum atomic E-state index is -0.479. The number of aromatic nitrogens is 2. The second-order valence-electron chi connectivity index (χ2n) is 8.04. The highest BCUT2D eigenvalue weighted by Gasteiger charge is 2.22. The zero-order valence-corrected chi connectivity index (χ0v) is 20.2. The fourth-order valence-electron chi connectivity index (χ4n) is 3.96. The van der Waals surface area contributed by atoms with E-state index in [1.807, 2.05) is 67.5 Å². The van der Waals surface area contributed by atoms with Gasteiger partial charge in [0.2, 0.25) is 5.88 Å². The van der Waals surface area contributed by atoms with E-state index in [1.165, 1.54) is 0 Å². The largest absolute Gasteiger partial charge is 0.494 e. The van der Waals surface area contributed by atoms with Crippen LogP contribution in [0.3, 0.4) is 0 Å². The number of anilines is 1. The number of aromatic hydroxyl groups is 1. The lowest BCUT2D eigenvalue weighted by molar-refractivity contribution is 0.448. The SMILES string of the molecule is CN(C)c1ccc(C(=C=C2c3ccccc3Sc3ccccc32)c2c(O)[nH]c(=S)[nH]c2=O)cc1. The minimum Gasteiger partial charge on any atom is -0.494 e. The number of hydrogen-bond donors (Lipinski definition) is 3. The maximum absolute atomic E-state index is 13.0. The number of rotatable bonds is 3. The van der Waals surface area contributed by atoms with Gasteiger partial charge < -0.3 is 15.0 Å². The summed E-state index contributed by atoms with van der Waals surface area (Å²) in [6.07, 6.45) is 0. The molecule has 0 bridgehead atoms. The van der Waals surface area contributed by atoms with Gasteiger partial charge in [-0.05, 0) is 42.0 Å². The quantitative estimate of drug-likeness (QED) is 0.222. The van der Waals surface area contributed by atoms with Gasteiger partial charge in [0.15, 0.2) is 4.77 Å². The molecule has 0 saturated carbocycles. The maximum Gasteiger partial charge on any atom is 0.264 e. The van der Waals surface area contributed by atoms with E-state index < -0.39 is 5.56 Å². The Balaban J connectivity index is 1.90. The van der Waals surface area contributed by atoms with Gasteiger partial charge in [-0.1, -0.05) is 60.3 Å². The van der Waals surface area contributed by atoms with Crippen molar-refractivity contribution in [2.45, 2.75) is 9.79 Å². The predicted molar refractivity (Wildman–Crippen MR) is 140 cm³/mol. The summed E-state index contributed by atoms with van der Waals surface area (Å²) in [4.78, 5) is 22.5. The highest BCUT2D eigenvalue weighted by molar-refractivity contribution is 7.99. The second-order valence-corrected chi connectivity index (χ2v) is 9.53. The van der Waals surface area contributed by atoms with Crippen LogP contribution in [0.1, 0.15) is 22.3 Å². The molecule has 7 heteroatoms. The van der Waals surface area contributed by atoms with Gasteiger partial charge in [-0.3, -0.25) is 9.78 Å². The summed E-state index contributed by atoms with van der Waals surface area (Å²) in [6.45, 7) is 0. The molecule has 5 nitrogen and oxygen atoms in total. The van der Waals surface area contributed by atoms with Gasteiger partial charge in [0.05, 0.1) is 0 Å². The Morgan fingerprint density at radius 3 is 2.06 bits per heavy atom. The summed E-state index contributed by atoms with van der Waals surface area (Å²) in [6, 6.07) is 24.0. The summed E-state index contributed by atoms with van der Waals surface area (Å²) in [5.74, 6) is -0.291. The van der Waals surface area contributed by atoms with Gasteiger partial charge in [-0.25, -0.2) is 0 Å². The van der Waals surface area contributed by atoms with Crippen LogP contribution in [0.15, 0.2) is 93.1 Å². The van der Waals surface area contributed by atoms with Crippen molar-refractivity contribution in [1.29, 1.82) is 0 Å². The van der Waals surface area contributed by atoms with Crippen molar-refractivity contribution in [2.24, 2.45) is 0 Å². The molecule has 0 radical (unpaired) electrons. The van der Waals surface area contributed by atoms with Crippen LogP contribution in [-0.2, 0) is 0 Å². The van der Waals surface area contributed by atoms with E-state index >= 15 is 0 Å². The maximum atomic E-state index is 13.0. The van der Waals surface area contributed by atoms with Crippen LogP contribution >= 0.6 is 24.0 Å². The van der Waals surface area contributed by atoms with Crippen LogP contribution in [0.4, 0.5) is 5.69 Å². The van der Waals surface area contributed by atoms with E-state index in [-0.39, 0.29) is 16.2 Å². The Hall–Kier alpha value is -3.77. The highest BCUT2D eigenvalue weighted by Crippen LogP contribution is 2.45. The van der Waals surface area contributed by atoms with Crippen molar-refractivity contribution < 1.29 is 5.11 Å². The Kier molecular flexibility index (Phi) is 5.75. The predicted octanol–water partition coefficient (Wildman–Crippen LogP) is 5.83. The number of benzene rings is 3. The van der Waals surface area contributed by atoms with Gasteiger partial charge in [0.25, 0.3) is 5.56 Å². The Morgan fingerprint density at radius 2 is 1.50 bits per heavy atom. The van der Waals surface area contributed by atoms with Crippen molar-refractivity contribution in [2.75, 3.05) is 19.0 Å². The number of fused-ring (bicyclic) bond motifs is 2. The van der Waals surface area contributed by atoms with Crippen LogP contribution in [0.25, 0.3) is 11.1 Å². The second kappa shape index (κ2) is 8.88. The summed E-state index contributed by atoms with van der Waals surface area (Å²) in [7, 11) is 3.93. The first-order valence-corrected chi connectivity index (χ1v) is 11.9. The number of nitrogens with one attached hydrogen (secondary N) is 2. The first-order valence-electron chi connectivity index (χ1n) is 10.6. The zero-order chi connectivity index (χ0) is 23.8. The zero-order valence-electron chi connectivity index (χ0n) is 18.5. The average Bonchev–Trinajstić information content (AvgIpc) is 2.82. The number of hydrogen-bond acceptors (Lipinski definition) is 5. The average molecular weight is 484 g/mol. The van der Waals surface area contributed by atoms with Gasteiger partial charge in [0.1, 0.15) is 5.56 Å². The van der Waals surface area contributed by atoms with Crippen molar-refractivity contribution in [1.82, 2.24) is 9.97 Å². The Morgan fingerprint density at radius 1 is 0.912 bits per heavy atom. The van der Waals surface area contributed by atoms with E-state index in [4.69, 9.17) is 12.2 Å². The normalized spacial score (nSPS) is 11.9. The summed E-state index contributed by atoms with van der Waals surface area (Å²) >= 11 is 6.75. The Bertz CT molecular complexity index is 1540. The molecule has 0 saturated heterocycles. The molecule has 0 atom stereocenters. The molecule has 5 rings (SSSR count). The molecule has 1 aliphatic heterocycles. The molecular weight excluding hydrogens is 462 g/mol. The van der Waals surface area contributed by atoms with Crippen molar-refractivity contribution in [3.8, 4) is 5.88 Å². The van der Waals surface area contributed by atoms with Gasteiger partial charge in [-0.15, -0.1) is 5.73 Å². The Labute approximate surface area is 206 Å². The third-order valence-electron chi connectivity index (χ3n) is 5.63. The molecule has 4 aromatic rings.